The molecule has 0 amide bonds. The Morgan fingerprint density at radius 2 is 2.06 bits per heavy atom. The van der Waals surface area contributed by atoms with Gasteiger partial charge in [0.25, 0.3) is 0 Å². The first-order valence-electron chi connectivity index (χ1n) is 6.90. The number of methoxy groups -OCH3 is 1. The Balaban J connectivity index is 2.61. The second-order valence-corrected chi connectivity index (χ2v) is 6.27. The van der Waals surface area contributed by atoms with Crippen molar-refractivity contribution < 1.29 is 4.74 Å². The monoisotopic (exact) mass is 242 g/mol. The van der Waals surface area contributed by atoms with Gasteiger partial charge in [0, 0.05) is 25.7 Å². The van der Waals surface area contributed by atoms with Crippen LogP contribution in [0.25, 0.3) is 0 Å². The van der Waals surface area contributed by atoms with Gasteiger partial charge in [0.1, 0.15) is 0 Å². The van der Waals surface area contributed by atoms with Gasteiger partial charge >= 0.3 is 0 Å². The van der Waals surface area contributed by atoms with Crippen molar-refractivity contribution in [3.63, 3.8) is 0 Å². The van der Waals surface area contributed by atoms with Gasteiger partial charge in [0.2, 0.25) is 0 Å². The van der Waals surface area contributed by atoms with Crippen LogP contribution in [0.15, 0.2) is 0 Å². The standard InChI is InChI=1S/C14H30N2O/c1-11-6-7-16(12(2)8-11)13(10-15)9-14(3,4)17-5/h11-13H,6-10,15H2,1-5H3. The van der Waals surface area contributed by atoms with E-state index < -0.39 is 0 Å². The third-order valence-corrected chi connectivity index (χ3v) is 4.21. The molecule has 0 spiro atoms. The van der Waals surface area contributed by atoms with Gasteiger partial charge < -0.3 is 10.5 Å². The van der Waals surface area contributed by atoms with Crippen molar-refractivity contribution in [2.24, 2.45) is 11.7 Å². The Hall–Kier alpha value is -0.120. The van der Waals surface area contributed by atoms with Gasteiger partial charge in [0.15, 0.2) is 0 Å². The summed E-state index contributed by atoms with van der Waals surface area (Å²) in [5.74, 6) is 0.857. The molecule has 0 aromatic carbocycles. The minimum Gasteiger partial charge on any atom is -0.379 e. The third-order valence-electron chi connectivity index (χ3n) is 4.21. The highest BCUT2D eigenvalue weighted by atomic mass is 16.5. The molecule has 0 radical (unpaired) electrons. The summed E-state index contributed by atoms with van der Waals surface area (Å²) in [5.41, 5.74) is 5.89. The van der Waals surface area contributed by atoms with E-state index in [1.165, 1.54) is 19.4 Å². The number of nitrogens with zero attached hydrogens (tertiary/aromatic N) is 1. The zero-order chi connectivity index (χ0) is 13.1. The SMILES string of the molecule is COC(C)(C)CC(CN)N1CCC(C)CC1C. The van der Waals surface area contributed by atoms with Crippen LogP contribution in [-0.4, -0.2) is 42.8 Å². The first kappa shape index (κ1) is 14.9. The summed E-state index contributed by atoms with van der Waals surface area (Å²) in [6.07, 6.45) is 3.61. The summed E-state index contributed by atoms with van der Waals surface area (Å²) >= 11 is 0. The molecule has 3 atom stereocenters. The van der Waals surface area contributed by atoms with E-state index in [9.17, 15) is 0 Å². The van der Waals surface area contributed by atoms with Crippen molar-refractivity contribution in [3.05, 3.63) is 0 Å². The average Bonchev–Trinajstić information content (AvgIpc) is 2.26. The van der Waals surface area contributed by atoms with Gasteiger partial charge in [-0.05, 0) is 52.5 Å². The lowest BCUT2D eigenvalue weighted by atomic mass is 9.89. The molecule has 0 saturated carbocycles. The smallest absolute Gasteiger partial charge is 0.0638 e. The van der Waals surface area contributed by atoms with E-state index in [1.54, 1.807) is 7.11 Å². The summed E-state index contributed by atoms with van der Waals surface area (Å²) in [6, 6.07) is 1.10. The molecule has 1 saturated heterocycles. The van der Waals surface area contributed by atoms with Crippen LogP contribution in [0.3, 0.4) is 0 Å². The number of ether oxygens (including phenoxy) is 1. The Morgan fingerprint density at radius 1 is 1.41 bits per heavy atom. The Morgan fingerprint density at radius 3 is 2.53 bits per heavy atom. The number of rotatable bonds is 5. The van der Waals surface area contributed by atoms with Crippen LogP contribution >= 0.6 is 0 Å². The van der Waals surface area contributed by atoms with E-state index in [2.05, 4.69) is 32.6 Å². The first-order chi connectivity index (χ1) is 7.89. The maximum Gasteiger partial charge on any atom is 0.0638 e. The lowest BCUT2D eigenvalue weighted by Gasteiger charge is -2.43. The van der Waals surface area contributed by atoms with Crippen LogP contribution in [0.1, 0.15) is 47.0 Å². The number of hydrogen-bond acceptors (Lipinski definition) is 3. The number of likely N-dealkylation sites (tertiary alicyclic amines) is 1. The quantitative estimate of drug-likeness (QED) is 0.803. The molecule has 1 rings (SSSR count). The lowest BCUT2D eigenvalue weighted by molar-refractivity contribution is -0.0207. The zero-order valence-corrected chi connectivity index (χ0v) is 12.2. The van der Waals surface area contributed by atoms with Gasteiger partial charge in [0.05, 0.1) is 5.60 Å². The van der Waals surface area contributed by atoms with E-state index in [0.29, 0.717) is 12.1 Å². The highest BCUT2D eigenvalue weighted by molar-refractivity contribution is 4.87. The van der Waals surface area contributed by atoms with Gasteiger partial charge in [-0.25, -0.2) is 0 Å². The summed E-state index contributed by atoms with van der Waals surface area (Å²) in [6.45, 7) is 10.9. The molecule has 1 aliphatic rings. The highest BCUT2D eigenvalue weighted by Crippen LogP contribution is 2.27. The molecule has 2 N–H and O–H groups in total. The molecular formula is C14H30N2O. The normalized spacial score (nSPS) is 29.3. The van der Waals surface area contributed by atoms with E-state index >= 15 is 0 Å². The van der Waals surface area contributed by atoms with E-state index in [1.807, 2.05) is 0 Å². The van der Waals surface area contributed by atoms with Crippen LogP contribution < -0.4 is 5.73 Å². The fraction of sp³-hybridized carbons (Fsp3) is 1.00. The maximum absolute atomic E-state index is 5.97. The largest absolute Gasteiger partial charge is 0.379 e. The van der Waals surface area contributed by atoms with Crippen LogP contribution in [0, 0.1) is 5.92 Å². The predicted molar refractivity (Wildman–Crippen MR) is 73.1 cm³/mol. The van der Waals surface area contributed by atoms with E-state index in [0.717, 1.165) is 18.9 Å². The molecule has 3 unspecified atom stereocenters. The molecule has 0 aromatic rings. The topological polar surface area (TPSA) is 38.5 Å². The average molecular weight is 242 g/mol. The highest BCUT2D eigenvalue weighted by Gasteiger charge is 2.31. The molecule has 0 bridgehead atoms. The van der Waals surface area contributed by atoms with Crippen molar-refractivity contribution in [1.29, 1.82) is 0 Å². The number of nitrogens with two attached hydrogens (primary N) is 1. The third kappa shape index (κ3) is 4.23. The van der Waals surface area contributed by atoms with Gasteiger partial charge in [-0.3, -0.25) is 4.90 Å². The summed E-state index contributed by atoms with van der Waals surface area (Å²) in [5, 5.41) is 0. The molecule has 0 aliphatic carbocycles. The second kappa shape index (κ2) is 6.17. The van der Waals surface area contributed by atoms with Gasteiger partial charge in [-0.15, -0.1) is 0 Å². The first-order valence-corrected chi connectivity index (χ1v) is 6.90. The lowest BCUT2D eigenvalue weighted by Crippen LogP contribution is -2.52. The van der Waals surface area contributed by atoms with E-state index in [-0.39, 0.29) is 5.60 Å². The fourth-order valence-electron chi connectivity index (χ4n) is 2.95. The van der Waals surface area contributed by atoms with Crippen molar-refractivity contribution in [2.45, 2.75) is 64.6 Å². The second-order valence-electron chi connectivity index (χ2n) is 6.27. The zero-order valence-electron chi connectivity index (χ0n) is 12.2. The van der Waals surface area contributed by atoms with Crippen molar-refractivity contribution in [3.8, 4) is 0 Å². The van der Waals surface area contributed by atoms with Crippen LogP contribution in [0.4, 0.5) is 0 Å². The van der Waals surface area contributed by atoms with Crippen LogP contribution in [0.2, 0.25) is 0 Å². The number of hydrogen-bond donors (Lipinski definition) is 1. The molecule has 1 heterocycles. The van der Waals surface area contributed by atoms with Gasteiger partial charge in [-0.1, -0.05) is 6.92 Å². The molecule has 102 valence electrons. The molecule has 17 heavy (non-hydrogen) atoms. The van der Waals surface area contributed by atoms with E-state index in [4.69, 9.17) is 10.5 Å². The van der Waals surface area contributed by atoms with Gasteiger partial charge in [-0.2, -0.15) is 0 Å². The molecule has 3 heteroatoms. The summed E-state index contributed by atoms with van der Waals surface area (Å²) in [4.78, 5) is 2.58. The Kier molecular flexibility index (Phi) is 5.42. The molecule has 1 aliphatic heterocycles. The summed E-state index contributed by atoms with van der Waals surface area (Å²) < 4.78 is 5.53. The van der Waals surface area contributed by atoms with Crippen molar-refractivity contribution in [1.82, 2.24) is 4.90 Å². The van der Waals surface area contributed by atoms with Crippen LogP contribution in [0.5, 0.6) is 0 Å². The Labute approximate surface area is 107 Å². The number of piperidine rings is 1. The Bertz CT molecular complexity index is 230. The van der Waals surface area contributed by atoms with Crippen molar-refractivity contribution >= 4 is 0 Å². The minimum atomic E-state index is -0.0766. The molecule has 3 nitrogen and oxygen atoms in total. The minimum absolute atomic E-state index is 0.0766. The molecule has 1 fully saturated rings. The summed E-state index contributed by atoms with van der Waals surface area (Å²) in [7, 11) is 1.79. The molecular weight excluding hydrogens is 212 g/mol. The van der Waals surface area contributed by atoms with Crippen molar-refractivity contribution in [2.75, 3.05) is 20.2 Å². The molecule has 0 aromatic heterocycles. The maximum atomic E-state index is 5.97. The van der Waals surface area contributed by atoms with Crippen LogP contribution in [-0.2, 0) is 4.74 Å². The fourth-order valence-corrected chi connectivity index (χ4v) is 2.95. The predicted octanol–water partition coefficient (Wildman–Crippen LogP) is 2.25.